The number of nitrogens with zero attached hydrogens (tertiary/aromatic N) is 2. The second-order valence-electron chi connectivity index (χ2n) is 4.31. The van der Waals surface area contributed by atoms with Crippen molar-refractivity contribution in [2.45, 2.75) is 25.5 Å². The third-order valence-electron chi connectivity index (χ3n) is 3.11. The van der Waals surface area contributed by atoms with Gasteiger partial charge in [-0.2, -0.15) is 0 Å². The minimum absolute atomic E-state index is 0.0551. The Hall–Kier alpha value is -1.13. The van der Waals surface area contributed by atoms with Crippen molar-refractivity contribution >= 4 is 0 Å². The lowest BCUT2D eigenvalue weighted by Crippen LogP contribution is -2.38. The van der Waals surface area contributed by atoms with Gasteiger partial charge in [0.15, 0.2) is 0 Å². The summed E-state index contributed by atoms with van der Waals surface area (Å²) in [5, 5.41) is 9.37. The summed E-state index contributed by atoms with van der Waals surface area (Å²) in [6.45, 7) is 3.48. The molecule has 1 saturated heterocycles. The van der Waals surface area contributed by atoms with E-state index in [1.54, 1.807) is 16.7 Å². The maximum atomic E-state index is 11.4. The van der Waals surface area contributed by atoms with Gasteiger partial charge in [0, 0.05) is 38.4 Å². The molecule has 4 nitrogen and oxygen atoms in total. The minimum atomic E-state index is -0.129. The van der Waals surface area contributed by atoms with Gasteiger partial charge >= 0.3 is 0 Å². The van der Waals surface area contributed by atoms with Gasteiger partial charge in [-0.1, -0.05) is 6.07 Å². The lowest BCUT2D eigenvalue weighted by molar-refractivity contribution is 0.0808. The number of rotatable bonds is 3. The second-order valence-corrected chi connectivity index (χ2v) is 4.31. The Bertz CT molecular complexity index is 381. The summed E-state index contributed by atoms with van der Waals surface area (Å²) < 4.78 is 1.73. The van der Waals surface area contributed by atoms with E-state index in [0.717, 1.165) is 39.0 Å². The first-order valence-electron chi connectivity index (χ1n) is 5.81. The van der Waals surface area contributed by atoms with Crippen LogP contribution in [0.25, 0.3) is 0 Å². The van der Waals surface area contributed by atoms with Crippen LogP contribution in [0.1, 0.15) is 12.8 Å². The van der Waals surface area contributed by atoms with Crippen LogP contribution in [0, 0.1) is 0 Å². The predicted molar refractivity (Wildman–Crippen MR) is 62.4 cm³/mol. The molecular weight excluding hydrogens is 204 g/mol. The van der Waals surface area contributed by atoms with Gasteiger partial charge < -0.3 is 14.6 Å². The lowest BCUT2D eigenvalue weighted by atomic mass is 10.1. The van der Waals surface area contributed by atoms with E-state index in [1.807, 2.05) is 12.3 Å². The zero-order valence-corrected chi connectivity index (χ0v) is 9.38. The average molecular weight is 222 g/mol. The van der Waals surface area contributed by atoms with Crippen molar-refractivity contribution in [2.75, 3.05) is 19.6 Å². The molecule has 0 radical (unpaired) electrons. The van der Waals surface area contributed by atoms with Crippen molar-refractivity contribution in [3.63, 3.8) is 0 Å². The van der Waals surface area contributed by atoms with Crippen LogP contribution < -0.4 is 5.56 Å². The molecule has 2 rings (SSSR count). The summed E-state index contributed by atoms with van der Waals surface area (Å²) >= 11 is 0. The van der Waals surface area contributed by atoms with Gasteiger partial charge in [-0.3, -0.25) is 4.79 Å². The topological polar surface area (TPSA) is 45.5 Å². The summed E-state index contributed by atoms with van der Waals surface area (Å²) in [7, 11) is 0. The van der Waals surface area contributed by atoms with Crippen LogP contribution in [-0.4, -0.2) is 40.3 Å². The molecule has 1 aromatic rings. The Morgan fingerprint density at radius 3 is 2.69 bits per heavy atom. The Kier molecular flexibility index (Phi) is 3.74. The van der Waals surface area contributed by atoms with E-state index < -0.39 is 0 Å². The largest absolute Gasteiger partial charge is 0.393 e. The van der Waals surface area contributed by atoms with Gasteiger partial charge in [0.25, 0.3) is 5.56 Å². The van der Waals surface area contributed by atoms with Gasteiger partial charge in [-0.05, 0) is 18.9 Å². The van der Waals surface area contributed by atoms with Crippen molar-refractivity contribution in [1.82, 2.24) is 9.47 Å². The molecule has 0 saturated carbocycles. The van der Waals surface area contributed by atoms with Gasteiger partial charge in [0.05, 0.1) is 6.10 Å². The molecule has 16 heavy (non-hydrogen) atoms. The van der Waals surface area contributed by atoms with Crippen LogP contribution in [-0.2, 0) is 6.54 Å². The lowest BCUT2D eigenvalue weighted by Gasteiger charge is -2.29. The molecule has 1 N–H and O–H groups in total. The maximum absolute atomic E-state index is 11.4. The first-order chi connectivity index (χ1) is 7.75. The smallest absolute Gasteiger partial charge is 0.250 e. The zero-order chi connectivity index (χ0) is 11.4. The van der Waals surface area contributed by atoms with Gasteiger partial charge in [-0.25, -0.2) is 0 Å². The van der Waals surface area contributed by atoms with Gasteiger partial charge in [0.1, 0.15) is 0 Å². The number of aliphatic hydroxyl groups excluding tert-OH is 1. The van der Waals surface area contributed by atoms with Crippen LogP contribution >= 0.6 is 0 Å². The number of hydrogen-bond acceptors (Lipinski definition) is 3. The van der Waals surface area contributed by atoms with E-state index in [-0.39, 0.29) is 11.7 Å². The number of hydrogen-bond donors (Lipinski definition) is 1. The molecule has 88 valence electrons. The fraction of sp³-hybridized carbons (Fsp3) is 0.583. The molecule has 1 aliphatic heterocycles. The Labute approximate surface area is 95.1 Å². The van der Waals surface area contributed by atoms with Crippen LogP contribution in [0.15, 0.2) is 29.2 Å². The van der Waals surface area contributed by atoms with E-state index in [4.69, 9.17) is 0 Å². The van der Waals surface area contributed by atoms with Crippen LogP contribution in [0.4, 0.5) is 0 Å². The molecular formula is C12H18N2O2. The SMILES string of the molecule is O=c1ccccn1CCN1CCC(O)CC1. The minimum Gasteiger partial charge on any atom is -0.393 e. The van der Waals surface area contributed by atoms with Crippen molar-refractivity contribution in [2.24, 2.45) is 0 Å². The van der Waals surface area contributed by atoms with Crippen molar-refractivity contribution in [3.8, 4) is 0 Å². The van der Waals surface area contributed by atoms with E-state index >= 15 is 0 Å². The number of piperidine rings is 1. The molecule has 0 spiro atoms. The molecule has 1 aliphatic rings. The standard InChI is InChI=1S/C12H18N2O2/c15-11-4-7-13(8-5-11)9-10-14-6-2-1-3-12(14)16/h1-3,6,11,15H,4-5,7-10H2. The molecule has 1 aromatic heterocycles. The highest BCUT2D eigenvalue weighted by Gasteiger charge is 2.16. The highest BCUT2D eigenvalue weighted by molar-refractivity contribution is 4.93. The van der Waals surface area contributed by atoms with E-state index in [1.165, 1.54) is 0 Å². The average Bonchev–Trinajstić information content (AvgIpc) is 2.30. The van der Waals surface area contributed by atoms with Crippen LogP contribution in [0.3, 0.4) is 0 Å². The summed E-state index contributed by atoms with van der Waals surface area (Å²) in [5.41, 5.74) is 0.0551. The highest BCUT2D eigenvalue weighted by Crippen LogP contribution is 2.09. The fourth-order valence-electron chi connectivity index (χ4n) is 2.04. The van der Waals surface area contributed by atoms with Gasteiger partial charge in [-0.15, -0.1) is 0 Å². The van der Waals surface area contributed by atoms with E-state index in [2.05, 4.69) is 4.90 Å². The number of pyridine rings is 1. The summed E-state index contributed by atoms with van der Waals surface area (Å²) in [4.78, 5) is 13.7. The molecule has 2 heterocycles. The monoisotopic (exact) mass is 222 g/mol. The van der Waals surface area contributed by atoms with Gasteiger partial charge in [0.2, 0.25) is 0 Å². The Balaban J connectivity index is 1.84. The van der Waals surface area contributed by atoms with Crippen molar-refractivity contribution < 1.29 is 5.11 Å². The summed E-state index contributed by atoms with van der Waals surface area (Å²) in [5.74, 6) is 0. The van der Waals surface area contributed by atoms with Crippen LogP contribution in [0.5, 0.6) is 0 Å². The molecule has 4 heteroatoms. The van der Waals surface area contributed by atoms with Crippen molar-refractivity contribution in [1.29, 1.82) is 0 Å². The zero-order valence-electron chi connectivity index (χ0n) is 9.38. The summed E-state index contributed by atoms with van der Waals surface area (Å²) in [6, 6.07) is 5.22. The summed E-state index contributed by atoms with van der Waals surface area (Å²) in [6.07, 6.45) is 3.39. The van der Waals surface area contributed by atoms with E-state index in [9.17, 15) is 9.90 Å². The highest BCUT2D eigenvalue weighted by atomic mass is 16.3. The predicted octanol–water partition coefficient (Wildman–Crippen LogP) is 0.305. The Morgan fingerprint density at radius 2 is 2.00 bits per heavy atom. The molecule has 0 aliphatic carbocycles. The first kappa shape index (κ1) is 11.4. The quantitative estimate of drug-likeness (QED) is 0.800. The third kappa shape index (κ3) is 2.93. The maximum Gasteiger partial charge on any atom is 0.250 e. The van der Waals surface area contributed by atoms with E-state index in [0.29, 0.717) is 0 Å². The first-order valence-corrected chi connectivity index (χ1v) is 5.81. The normalized spacial score (nSPS) is 18.8. The number of likely N-dealkylation sites (tertiary alicyclic amines) is 1. The van der Waals surface area contributed by atoms with Crippen molar-refractivity contribution in [3.05, 3.63) is 34.7 Å². The fourth-order valence-corrected chi connectivity index (χ4v) is 2.04. The molecule has 0 bridgehead atoms. The molecule has 1 fully saturated rings. The molecule has 0 amide bonds. The number of aromatic nitrogens is 1. The third-order valence-corrected chi connectivity index (χ3v) is 3.11. The second kappa shape index (κ2) is 5.27. The number of aliphatic hydroxyl groups is 1. The molecule has 0 unspecified atom stereocenters. The Morgan fingerprint density at radius 1 is 1.25 bits per heavy atom. The molecule has 0 aromatic carbocycles. The van der Waals surface area contributed by atoms with Crippen LogP contribution in [0.2, 0.25) is 0 Å². The molecule has 0 atom stereocenters.